The zero-order valence-corrected chi connectivity index (χ0v) is 9.74. The minimum absolute atomic E-state index is 0.398. The summed E-state index contributed by atoms with van der Waals surface area (Å²) < 4.78 is 50.5. The van der Waals surface area contributed by atoms with Crippen LogP contribution in [0.15, 0.2) is 18.2 Å². The Morgan fingerprint density at radius 1 is 1.18 bits per heavy atom. The van der Waals surface area contributed by atoms with E-state index >= 15 is 0 Å². The third-order valence-corrected chi connectivity index (χ3v) is 2.83. The summed E-state index contributed by atoms with van der Waals surface area (Å²) in [5, 5.41) is 0. The van der Waals surface area contributed by atoms with Gasteiger partial charge in [-0.2, -0.15) is 13.2 Å². The predicted molar refractivity (Wildman–Crippen MR) is 58.1 cm³/mol. The van der Waals surface area contributed by atoms with Crippen molar-refractivity contribution in [1.29, 1.82) is 0 Å². The van der Waals surface area contributed by atoms with Gasteiger partial charge in [-0.1, -0.05) is 19.9 Å². The molecule has 0 saturated carbocycles. The lowest BCUT2D eigenvalue weighted by Gasteiger charge is -2.25. The highest BCUT2D eigenvalue weighted by Crippen LogP contribution is 2.34. The van der Waals surface area contributed by atoms with Crippen LogP contribution in [0.3, 0.4) is 0 Å². The van der Waals surface area contributed by atoms with Crippen LogP contribution in [-0.2, 0) is 11.6 Å². The number of rotatable bonds is 3. The predicted octanol–water partition coefficient (Wildman–Crippen LogP) is 3.47. The van der Waals surface area contributed by atoms with Crippen LogP contribution in [0, 0.1) is 5.82 Å². The topological polar surface area (TPSA) is 26.0 Å². The molecule has 2 N–H and O–H groups in total. The van der Waals surface area contributed by atoms with Gasteiger partial charge >= 0.3 is 6.18 Å². The number of alkyl halides is 3. The molecule has 1 rings (SSSR count). The highest BCUT2D eigenvalue weighted by molar-refractivity contribution is 5.31. The smallest absolute Gasteiger partial charge is 0.330 e. The second kappa shape index (κ2) is 4.64. The summed E-state index contributed by atoms with van der Waals surface area (Å²) in [5.74, 6) is -1.24. The van der Waals surface area contributed by atoms with E-state index in [1.54, 1.807) is 0 Å². The van der Waals surface area contributed by atoms with Crippen molar-refractivity contribution in [3.05, 3.63) is 35.1 Å². The number of hydrogen-bond donors (Lipinski definition) is 1. The zero-order chi connectivity index (χ0) is 13.3. The van der Waals surface area contributed by atoms with Crippen molar-refractivity contribution in [2.24, 2.45) is 5.73 Å². The Morgan fingerprint density at radius 3 is 2.18 bits per heavy atom. The average molecular weight is 249 g/mol. The van der Waals surface area contributed by atoms with E-state index in [0.29, 0.717) is 18.5 Å². The van der Waals surface area contributed by atoms with Crippen molar-refractivity contribution in [3.63, 3.8) is 0 Å². The molecule has 0 aliphatic heterocycles. The molecule has 5 heteroatoms. The SMILES string of the molecule is CC(C)(CCN)c1ccc(C(F)(F)F)c(F)c1. The molecule has 0 aliphatic rings. The van der Waals surface area contributed by atoms with Gasteiger partial charge in [-0.05, 0) is 36.1 Å². The van der Waals surface area contributed by atoms with E-state index in [-0.39, 0.29) is 0 Å². The summed E-state index contributed by atoms with van der Waals surface area (Å²) >= 11 is 0. The molecule has 0 fully saturated rings. The maximum atomic E-state index is 13.4. The summed E-state index contributed by atoms with van der Waals surface area (Å²) in [4.78, 5) is 0. The van der Waals surface area contributed by atoms with Gasteiger partial charge in [-0.15, -0.1) is 0 Å². The summed E-state index contributed by atoms with van der Waals surface area (Å²) in [7, 11) is 0. The van der Waals surface area contributed by atoms with Gasteiger partial charge in [0.1, 0.15) is 5.82 Å². The first-order valence-corrected chi connectivity index (χ1v) is 5.26. The average Bonchev–Trinajstić information content (AvgIpc) is 2.15. The van der Waals surface area contributed by atoms with Gasteiger partial charge in [0, 0.05) is 0 Å². The lowest BCUT2D eigenvalue weighted by atomic mass is 9.81. The lowest BCUT2D eigenvalue weighted by Crippen LogP contribution is -2.22. The van der Waals surface area contributed by atoms with Crippen LogP contribution in [0.25, 0.3) is 0 Å². The Labute approximate surface area is 97.6 Å². The Hall–Kier alpha value is -1.10. The lowest BCUT2D eigenvalue weighted by molar-refractivity contribution is -0.140. The van der Waals surface area contributed by atoms with E-state index in [1.807, 2.05) is 13.8 Å². The van der Waals surface area contributed by atoms with E-state index in [0.717, 1.165) is 12.1 Å². The minimum atomic E-state index is -4.65. The largest absolute Gasteiger partial charge is 0.419 e. The molecule has 1 aromatic carbocycles. The van der Waals surface area contributed by atoms with Crippen molar-refractivity contribution < 1.29 is 17.6 Å². The number of benzene rings is 1. The highest BCUT2D eigenvalue weighted by Gasteiger charge is 2.34. The third-order valence-electron chi connectivity index (χ3n) is 2.83. The molecule has 0 amide bonds. The van der Waals surface area contributed by atoms with Crippen LogP contribution >= 0.6 is 0 Å². The van der Waals surface area contributed by atoms with Crippen molar-refractivity contribution in [2.75, 3.05) is 6.54 Å². The number of hydrogen-bond acceptors (Lipinski definition) is 1. The van der Waals surface area contributed by atoms with Gasteiger partial charge in [-0.3, -0.25) is 0 Å². The Bertz CT molecular complexity index is 396. The van der Waals surface area contributed by atoms with Crippen molar-refractivity contribution >= 4 is 0 Å². The second-order valence-electron chi connectivity index (χ2n) is 4.61. The molecule has 96 valence electrons. The summed E-state index contributed by atoms with van der Waals surface area (Å²) in [6.45, 7) is 4.04. The maximum Gasteiger partial charge on any atom is 0.419 e. The van der Waals surface area contributed by atoms with Gasteiger partial charge in [0.25, 0.3) is 0 Å². The fraction of sp³-hybridized carbons (Fsp3) is 0.500. The quantitative estimate of drug-likeness (QED) is 0.815. The van der Waals surface area contributed by atoms with Crippen molar-refractivity contribution in [1.82, 2.24) is 0 Å². The minimum Gasteiger partial charge on any atom is -0.330 e. The normalized spacial score (nSPS) is 12.9. The Kier molecular flexibility index (Phi) is 3.81. The van der Waals surface area contributed by atoms with Crippen LogP contribution in [-0.4, -0.2) is 6.54 Å². The highest BCUT2D eigenvalue weighted by atomic mass is 19.4. The van der Waals surface area contributed by atoms with Gasteiger partial charge in [-0.25, -0.2) is 4.39 Å². The van der Waals surface area contributed by atoms with Crippen LogP contribution in [0.1, 0.15) is 31.4 Å². The van der Waals surface area contributed by atoms with E-state index in [2.05, 4.69) is 0 Å². The third kappa shape index (κ3) is 3.19. The molecule has 0 aliphatic carbocycles. The molecule has 0 saturated heterocycles. The van der Waals surface area contributed by atoms with Crippen LogP contribution in [0.5, 0.6) is 0 Å². The zero-order valence-electron chi connectivity index (χ0n) is 9.74. The first-order chi connectivity index (χ1) is 7.68. The molecule has 0 atom stereocenters. The van der Waals surface area contributed by atoms with Crippen molar-refractivity contribution in [2.45, 2.75) is 31.9 Å². The molecular weight excluding hydrogens is 234 g/mol. The molecule has 0 bridgehead atoms. The van der Waals surface area contributed by atoms with Gasteiger partial charge in [0.15, 0.2) is 0 Å². The Balaban J connectivity index is 3.13. The van der Waals surface area contributed by atoms with Crippen LogP contribution in [0.4, 0.5) is 17.6 Å². The molecule has 1 nitrogen and oxygen atoms in total. The second-order valence-corrected chi connectivity index (χ2v) is 4.61. The summed E-state index contributed by atoms with van der Waals surface area (Å²) in [6, 6.07) is 3.03. The molecule has 0 radical (unpaired) electrons. The summed E-state index contributed by atoms with van der Waals surface area (Å²) in [5.41, 5.74) is 4.27. The molecule has 0 heterocycles. The molecular formula is C12H15F4N. The fourth-order valence-electron chi connectivity index (χ4n) is 1.67. The first kappa shape index (κ1) is 14.0. The Morgan fingerprint density at radius 2 is 1.76 bits per heavy atom. The fourth-order valence-corrected chi connectivity index (χ4v) is 1.67. The maximum absolute atomic E-state index is 13.4. The number of halogens is 4. The molecule has 1 aromatic rings. The number of nitrogens with two attached hydrogens (primary N) is 1. The monoisotopic (exact) mass is 249 g/mol. The standard InChI is InChI=1S/C12H15F4N/c1-11(2,5-6-17)8-3-4-9(10(13)7-8)12(14,15)16/h3-4,7H,5-6,17H2,1-2H3. The van der Waals surface area contributed by atoms with Crippen molar-refractivity contribution in [3.8, 4) is 0 Å². The van der Waals surface area contributed by atoms with E-state index in [9.17, 15) is 17.6 Å². The van der Waals surface area contributed by atoms with Crippen LogP contribution < -0.4 is 5.73 Å². The molecule has 0 aromatic heterocycles. The van der Waals surface area contributed by atoms with E-state index in [1.165, 1.54) is 6.07 Å². The first-order valence-electron chi connectivity index (χ1n) is 5.26. The molecule has 0 spiro atoms. The van der Waals surface area contributed by atoms with Gasteiger partial charge in [0.2, 0.25) is 0 Å². The van der Waals surface area contributed by atoms with E-state index in [4.69, 9.17) is 5.73 Å². The van der Waals surface area contributed by atoms with Gasteiger partial charge in [0.05, 0.1) is 5.56 Å². The van der Waals surface area contributed by atoms with E-state index < -0.39 is 23.0 Å². The van der Waals surface area contributed by atoms with Gasteiger partial charge < -0.3 is 5.73 Å². The molecule has 0 unspecified atom stereocenters. The molecule has 17 heavy (non-hydrogen) atoms. The summed E-state index contributed by atoms with van der Waals surface area (Å²) in [6.07, 6.45) is -4.07. The van der Waals surface area contributed by atoms with Crippen LogP contribution in [0.2, 0.25) is 0 Å².